The molecule has 0 radical (unpaired) electrons. The number of aryl methyl sites for hydroxylation is 2. The fourth-order valence-corrected chi connectivity index (χ4v) is 4.61. The fraction of sp³-hybridized carbons (Fsp3) is 0.0870. The van der Waals surface area contributed by atoms with Crippen LogP contribution in [0.25, 0.3) is 53.8 Å². The molecule has 0 saturated carbocycles. The van der Waals surface area contributed by atoms with Crippen LogP contribution < -0.4 is 4.57 Å². The van der Waals surface area contributed by atoms with E-state index in [1.807, 2.05) is 24.5 Å². The van der Waals surface area contributed by atoms with Crippen LogP contribution in [0, 0.1) is 13.5 Å². The fourth-order valence-electron chi connectivity index (χ4n) is 4.61. The SMILES string of the molecule is [C-]#[N+]c1cc2cc[n+](C)c3c4c(C)ccc5c6ccncc6n(c(c1)c23)c54. The minimum Gasteiger partial charge on any atom is -0.307 e. The molecule has 0 fully saturated rings. The first-order chi connectivity index (χ1) is 13.2. The maximum absolute atomic E-state index is 7.55. The summed E-state index contributed by atoms with van der Waals surface area (Å²) in [4.78, 5) is 8.11. The molecule has 4 heterocycles. The van der Waals surface area contributed by atoms with E-state index in [0.29, 0.717) is 5.69 Å². The smallest absolute Gasteiger partial charge is 0.224 e. The van der Waals surface area contributed by atoms with Gasteiger partial charge in [0.1, 0.15) is 7.05 Å². The van der Waals surface area contributed by atoms with Gasteiger partial charge in [-0.1, -0.05) is 12.1 Å². The Hall–Kier alpha value is -3.71. The summed E-state index contributed by atoms with van der Waals surface area (Å²) in [6.07, 6.45) is 5.87. The Kier molecular flexibility index (Phi) is 2.52. The highest BCUT2D eigenvalue weighted by Gasteiger charge is 2.23. The standard InChI is InChI=1S/C23H15N4/c1-13-4-5-17-16-6-8-25-12-19(16)27-18-11-15(24-2)10-14-7-9-26(3)23(21(14)18)20(13)22(17)27/h4-12H,1,3H3/q+1. The molecule has 4 aromatic heterocycles. The van der Waals surface area contributed by atoms with Crippen LogP contribution in [0.15, 0.2) is 55.0 Å². The Morgan fingerprint density at radius 1 is 1.04 bits per heavy atom. The van der Waals surface area contributed by atoms with Crippen LogP contribution in [0.5, 0.6) is 0 Å². The normalized spacial score (nSPS) is 12.0. The van der Waals surface area contributed by atoms with Gasteiger partial charge in [0.05, 0.1) is 40.1 Å². The first-order valence-electron chi connectivity index (χ1n) is 8.91. The molecule has 4 heteroatoms. The van der Waals surface area contributed by atoms with Crippen molar-refractivity contribution in [2.24, 2.45) is 7.05 Å². The molecule has 0 saturated heterocycles. The summed E-state index contributed by atoms with van der Waals surface area (Å²) in [5.74, 6) is 0. The van der Waals surface area contributed by atoms with E-state index in [1.165, 1.54) is 38.1 Å². The van der Waals surface area contributed by atoms with Crippen molar-refractivity contribution in [3.8, 4) is 0 Å². The third-order valence-electron chi connectivity index (χ3n) is 5.75. The van der Waals surface area contributed by atoms with Crippen molar-refractivity contribution in [3.63, 3.8) is 0 Å². The molecule has 0 atom stereocenters. The van der Waals surface area contributed by atoms with Crippen molar-refractivity contribution in [2.45, 2.75) is 6.92 Å². The highest BCUT2D eigenvalue weighted by Crippen LogP contribution is 2.41. The van der Waals surface area contributed by atoms with Gasteiger partial charge >= 0.3 is 0 Å². The molecule has 0 bridgehead atoms. The minimum atomic E-state index is 0.660. The van der Waals surface area contributed by atoms with Gasteiger partial charge in [0.2, 0.25) is 5.52 Å². The van der Waals surface area contributed by atoms with Gasteiger partial charge in [0.25, 0.3) is 0 Å². The van der Waals surface area contributed by atoms with Gasteiger partial charge in [0.15, 0.2) is 11.9 Å². The van der Waals surface area contributed by atoms with E-state index in [0.717, 1.165) is 16.4 Å². The van der Waals surface area contributed by atoms with Gasteiger partial charge in [-0.15, -0.1) is 0 Å². The number of nitrogens with zero attached hydrogens (tertiary/aromatic N) is 4. The van der Waals surface area contributed by atoms with Crippen molar-refractivity contribution in [3.05, 3.63) is 72.0 Å². The molecule has 2 aromatic carbocycles. The van der Waals surface area contributed by atoms with Crippen LogP contribution in [0.3, 0.4) is 0 Å². The maximum atomic E-state index is 7.55. The number of hydrogen-bond donors (Lipinski definition) is 0. The zero-order chi connectivity index (χ0) is 18.3. The monoisotopic (exact) mass is 347 g/mol. The first kappa shape index (κ1) is 14.5. The molecule has 0 N–H and O–H groups in total. The Balaban J connectivity index is 2.15. The van der Waals surface area contributed by atoms with Crippen LogP contribution in [-0.4, -0.2) is 9.38 Å². The number of benzene rings is 2. The zero-order valence-corrected chi connectivity index (χ0v) is 15.0. The second-order valence-corrected chi connectivity index (χ2v) is 7.20. The summed E-state index contributed by atoms with van der Waals surface area (Å²) >= 11 is 0. The molecule has 6 aromatic rings. The van der Waals surface area contributed by atoms with E-state index in [4.69, 9.17) is 6.57 Å². The van der Waals surface area contributed by atoms with E-state index in [9.17, 15) is 0 Å². The average molecular weight is 347 g/mol. The van der Waals surface area contributed by atoms with Gasteiger partial charge in [-0.2, -0.15) is 0 Å². The van der Waals surface area contributed by atoms with Gasteiger partial charge in [-0.25, -0.2) is 9.41 Å². The summed E-state index contributed by atoms with van der Waals surface area (Å²) in [7, 11) is 2.10. The van der Waals surface area contributed by atoms with Crippen LogP contribution in [0.4, 0.5) is 5.69 Å². The van der Waals surface area contributed by atoms with E-state index in [-0.39, 0.29) is 0 Å². The predicted molar refractivity (Wildman–Crippen MR) is 109 cm³/mol. The average Bonchev–Trinajstić information content (AvgIpc) is 3.03. The van der Waals surface area contributed by atoms with Gasteiger partial charge < -0.3 is 4.40 Å². The van der Waals surface area contributed by atoms with Crippen molar-refractivity contribution in [1.82, 2.24) is 9.38 Å². The van der Waals surface area contributed by atoms with Crippen molar-refractivity contribution < 1.29 is 4.57 Å². The molecule has 0 amide bonds. The van der Waals surface area contributed by atoms with E-state index in [2.05, 4.69) is 63.2 Å². The first-order valence-corrected chi connectivity index (χ1v) is 8.91. The van der Waals surface area contributed by atoms with Gasteiger partial charge in [-0.05, 0) is 36.1 Å². The minimum absolute atomic E-state index is 0.660. The molecular weight excluding hydrogens is 332 g/mol. The molecule has 0 spiro atoms. The van der Waals surface area contributed by atoms with Crippen LogP contribution in [-0.2, 0) is 7.05 Å². The topological polar surface area (TPSA) is 25.5 Å². The number of aromatic nitrogens is 3. The lowest BCUT2D eigenvalue weighted by molar-refractivity contribution is -0.643. The lowest BCUT2D eigenvalue weighted by atomic mass is 9.99. The number of fused-ring (bicyclic) bond motifs is 5. The van der Waals surface area contributed by atoms with Crippen molar-refractivity contribution >= 4 is 54.7 Å². The molecule has 0 aliphatic rings. The molecule has 27 heavy (non-hydrogen) atoms. The molecule has 6 rings (SSSR count). The third kappa shape index (κ3) is 1.62. The quantitative estimate of drug-likeness (QED) is 0.163. The lowest BCUT2D eigenvalue weighted by Gasteiger charge is -2.13. The van der Waals surface area contributed by atoms with Crippen molar-refractivity contribution in [1.29, 1.82) is 0 Å². The summed E-state index contributed by atoms with van der Waals surface area (Å²) in [5.41, 5.74) is 6.48. The second kappa shape index (κ2) is 4.72. The number of rotatable bonds is 0. The Bertz CT molecular complexity index is 1600. The van der Waals surface area contributed by atoms with Gasteiger partial charge in [0, 0.05) is 23.0 Å². The van der Waals surface area contributed by atoms with E-state index in [1.54, 1.807) is 0 Å². The Labute approximate surface area is 155 Å². The number of hydrogen-bond acceptors (Lipinski definition) is 1. The summed E-state index contributed by atoms with van der Waals surface area (Å²) < 4.78 is 4.49. The lowest BCUT2D eigenvalue weighted by Crippen LogP contribution is -2.28. The molecule has 0 unspecified atom stereocenters. The summed E-state index contributed by atoms with van der Waals surface area (Å²) in [6, 6.07) is 12.6. The molecule has 4 nitrogen and oxygen atoms in total. The largest absolute Gasteiger partial charge is 0.307 e. The van der Waals surface area contributed by atoms with Gasteiger partial charge in [-0.3, -0.25) is 4.98 Å². The molecule has 0 aliphatic carbocycles. The van der Waals surface area contributed by atoms with Crippen LogP contribution >= 0.6 is 0 Å². The predicted octanol–water partition coefficient (Wildman–Crippen LogP) is 5.07. The summed E-state index contributed by atoms with van der Waals surface area (Å²) in [6.45, 7) is 9.73. The molecular formula is C23H15N4+. The Morgan fingerprint density at radius 3 is 2.78 bits per heavy atom. The molecule has 126 valence electrons. The van der Waals surface area contributed by atoms with Crippen LogP contribution in [0.1, 0.15) is 5.56 Å². The highest BCUT2D eigenvalue weighted by molar-refractivity contribution is 6.26. The summed E-state index contributed by atoms with van der Waals surface area (Å²) in [5, 5.41) is 5.97. The second-order valence-electron chi connectivity index (χ2n) is 7.20. The maximum Gasteiger partial charge on any atom is 0.224 e. The third-order valence-corrected chi connectivity index (χ3v) is 5.75. The highest BCUT2D eigenvalue weighted by atomic mass is 15.0. The van der Waals surface area contributed by atoms with E-state index < -0.39 is 0 Å². The van der Waals surface area contributed by atoms with Crippen molar-refractivity contribution in [2.75, 3.05) is 0 Å². The van der Waals surface area contributed by atoms with Crippen LogP contribution in [0.2, 0.25) is 0 Å². The van der Waals surface area contributed by atoms with E-state index >= 15 is 0 Å². The Morgan fingerprint density at radius 2 is 1.93 bits per heavy atom. The zero-order valence-electron chi connectivity index (χ0n) is 15.0. The number of pyridine rings is 3. The molecule has 0 aliphatic heterocycles.